The number of piperidine rings is 3. The maximum Gasteiger partial charge on any atom is 0.141 e. The molecule has 5 heterocycles. The van der Waals surface area contributed by atoms with Gasteiger partial charge < -0.3 is 10.0 Å². The van der Waals surface area contributed by atoms with Crippen molar-refractivity contribution in [2.45, 2.75) is 24.9 Å². The fourth-order valence-electron chi connectivity index (χ4n) is 4.85. The summed E-state index contributed by atoms with van der Waals surface area (Å²) < 4.78 is 0. The molecule has 5 heteroatoms. The summed E-state index contributed by atoms with van der Waals surface area (Å²) in [6.07, 6.45) is 2.85. The Morgan fingerprint density at radius 3 is 2.50 bits per heavy atom. The second-order valence-corrected chi connectivity index (χ2v) is 9.87. The smallest absolute Gasteiger partial charge is 0.141 e. The highest BCUT2D eigenvalue weighted by Crippen LogP contribution is 2.35. The fourth-order valence-corrected chi connectivity index (χ4v) is 5.76. The first kappa shape index (κ1) is 19.9. The van der Waals surface area contributed by atoms with Crippen molar-refractivity contribution in [3.8, 4) is 11.8 Å². The third-order valence-corrected chi connectivity index (χ3v) is 7.59. The van der Waals surface area contributed by atoms with Crippen LogP contribution in [0.1, 0.15) is 29.7 Å². The normalized spacial score (nSPS) is 28.1. The molecule has 156 valence electrons. The summed E-state index contributed by atoms with van der Waals surface area (Å²) in [6, 6.07) is 14.7. The van der Waals surface area contributed by atoms with Crippen LogP contribution >= 0.6 is 11.8 Å². The molecule has 1 unspecified atom stereocenters. The molecular formula is C25H29N3OS. The average Bonchev–Trinajstić information content (AvgIpc) is 2.80. The highest BCUT2D eigenvalue weighted by molar-refractivity contribution is 7.99. The van der Waals surface area contributed by atoms with Crippen molar-refractivity contribution in [1.82, 2.24) is 9.88 Å². The van der Waals surface area contributed by atoms with Crippen molar-refractivity contribution >= 4 is 17.6 Å². The Morgan fingerprint density at radius 2 is 1.80 bits per heavy atom. The second-order valence-electron chi connectivity index (χ2n) is 8.65. The molecule has 1 atom stereocenters. The molecule has 0 radical (unpaired) electrons. The molecule has 4 aliphatic heterocycles. The molecule has 0 amide bonds. The first-order valence-corrected chi connectivity index (χ1v) is 12.2. The zero-order valence-electron chi connectivity index (χ0n) is 17.4. The first-order chi connectivity index (χ1) is 14.7. The molecule has 4 fully saturated rings. The second kappa shape index (κ2) is 8.63. The number of anilines is 1. The first-order valence-electron chi connectivity index (χ1n) is 11.0. The molecule has 0 saturated carbocycles. The summed E-state index contributed by atoms with van der Waals surface area (Å²) in [5.74, 6) is 10.3. The Hall–Kier alpha value is -2.00. The summed E-state index contributed by atoms with van der Waals surface area (Å²) in [7, 11) is 0. The van der Waals surface area contributed by atoms with Crippen molar-refractivity contribution < 1.29 is 5.11 Å². The van der Waals surface area contributed by atoms with Crippen LogP contribution in [0.25, 0.3) is 0 Å². The summed E-state index contributed by atoms with van der Waals surface area (Å²) >= 11 is 2.01. The van der Waals surface area contributed by atoms with Crippen LogP contribution in [0.3, 0.4) is 0 Å². The number of pyridine rings is 1. The molecule has 2 bridgehead atoms. The number of aromatic nitrogens is 1. The Kier molecular flexibility index (Phi) is 5.73. The van der Waals surface area contributed by atoms with E-state index in [2.05, 4.69) is 58.0 Å². The lowest BCUT2D eigenvalue weighted by Gasteiger charge is -2.47. The number of nitrogens with zero attached hydrogens (tertiary/aromatic N) is 3. The summed E-state index contributed by atoms with van der Waals surface area (Å²) in [4.78, 5) is 9.77. The highest BCUT2D eigenvalue weighted by Gasteiger charge is 2.44. The minimum absolute atomic E-state index is 0.297. The number of rotatable bonds is 3. The van der Waals surface area contributed by atoms with Crippen molar-refractivity contribution in [1.29, 1.82) is 0 Å². The standard InChI is InChI=1S/C25H29N3OS/c29-25(19-27-12-9-22(25)10-13-27)11-8-21-6-7-24(28-14-16-30-17-15-28)26-23(21)18-20-4-2-1-3-5-20/h1-7,22,29H,9-10,12-19H2. The van der Waals surface area contributed by atoms with E-state index in [0.717, 1.165) is 74.0 Å². The number of benzene rings is 1. The van der Waals surface area contributed by atoms with E-state index >= 15 is 0 Å². The van der Waals surface area contributed by atoms with Gasteiger partial charge in [-0.25, -0.2) is 4.98 Å². The van der Waals surface area contributed by atoms with Crippen molar-refractivity contribution in [2.75, 3.05) is 49.1 Å². The molecule has 4 nitrogen and oxygen atoms in total. The molecule has 6 rings (SSSR count). The van der Waals surface area contributed by atoms with Crippen LogP contribution < -0.4 is 4.90 Å². The van der Waals surface area contributed by atoms with Gasteiger partial charge in [-0.15, -0.1) is 0 Å². The Labute approximate surface area is 183 Å². The van der Waals surface area contributed by atoms with Crippen molar-refractivity contribution in [3.05, 3.63) is 59.3 Å². The molecular weight excluding hydrogens is 390 g/mol. The molecule has 30 heavy (non-hydrogen) atoms. The van der Waals surface area contributed by atoms with E-state index < -0.39 is 5.60 Å². The molecule has 4 aliphatic rings. The van der Waals surface area contributed by atoms with Crippen LogP contribution in [0.4, 0.5) is 5.82 Å². The molecule has 0 spiro atoms. The Morgan fingerprint density at radius 1 is 1.03 bits per heavy atom. The van der Waals surface area contributed by atoms with Gasteiger partial charge in [-0.2, -0.15) is 11.8 Å². The van der Waals surface area contributed by atoms with Crippen LogP contribution in [-0.2, 0) is 6.42 Å². The van der Waals surface area contributed by atoms with Gasteiger partial charge in [-0.1, -0.05) is 42.2 Å². The monoisotopic (exact) mass is 419 g/mol. The van der Waals surface area contributed by atoms with Gasteiger partial charge in [0.25, 0.3) is 0 Å². The number of hydrogen-bond acceptors (Lipinski definition) is 5. The average molecular weight is 420 g/mol. The van der Waals surface area contributed by atoms with Gasteiger partial charge in [-0.05, 0) is 43.6 Å². The van der Waals surface area contributed by atoms with Crippen LogP contribution in [0.5, 0.6) is 0 Å². The molecule has 1 aromatic carbocycles. The van der Waals surface area contributed by atoms with Gasteiger partial charge >= 0.3 is 0 Å². The SMILES string of the molecule is OC1(C#Cc2ccc(N3CCSCC3)nc2Cc2ccccc2)CN2CCC1CC2. The summed E-state index contributed by atoms with van der Waals surface area (Å²) in [5.41, 5.74) is 2.30. The van der Waals surface area contributed by atoms with Gasteiger partial charge in [0.1, 0.15) is 11.4 Å². The van der Waals surface area contributed by atoms with E-state index in [9.17, 15) is 5.11 Å². The van der Waals surface area contributed by atoms with E-state index in [1.54, 1.807) is 0 Å². The minimum atomic E-state index is -0.886. The third-order valence-electron chi connectivity index (χ3n) is 6.65. The third kappa shape index (κ3) is 4.23. The number of thioether (sulfide) groups is 1. The lowest BCUT2D eigenvalue weighted by atomic mass is 9.75. The van der Waals surface area contributed by atoms with Gasteiger partial charge in [0.05, 0.1) is 5.69 Å². The van der Waals surface area contributed by atoms with Gasteiger partial charge in [-0.3, -0.25) is 4.90 Å². The Bertz CT molecular complexity index is 940. The lowest BCUT2D eigenvalue weighted by molar-refractivity contribution is -0.0713. The van der Waals surface area contributed by atoms with E-state index in [0.29, 0.717) is 12.5 Å². The Balaban J connectivity index is 1.46. The van der Waals surface area contributed by atoms with E-state index in [1.165, 1.54) is 5.56 Å². The van der Waals surface area contributed by atoms with Gasteiger partial charge in [0.2, 0.25) is 0 Å². The largest absolute Gasteiger partial charge is 0.376 e. The quantitative estimate of drug-likeness (QED) is 0.775. The van der Waals surface area contributed by atoms with Crippen LogP contribution in [0.2, 0.25) is 0 Å². The summed E-state index contributed by atoms with van der Waals surface area (Å²) in [5, 5.41) is 11.2. The van der Waals surface area contributed by atoms with E-state index in [-0.39, 0.29) is 0 Å². The fraction of sp³-hybridized carbons (Fsp3) is 0.480. The van der Waals surface area contributed by atoms with E-state index in [1.807, 2.05) is 17.8 Å². The van der Waals surface area contributed by atoms with E-state index in [4.69, 9.17) is 4.98 Å². The van der Waals surface area contributed by atoms with Crippen molar-refractivity contribution in [2.24, 2.45) is 5.92 Å². The van der Waals surface area contributed by atoms with Gasteiger partial charge in [0, 0.05) is 49.0 Å². The molecule has 4 saturated heterocycles. The number of hydrogen-bond donors (Lipinski definition) is 1. The molecule has 1 aromatic heterocycles. The highest BCUT2D eigenvalue weighted by atomic mass is 32.2. The zero-order valence-corrected chi connectivity index (χ0v) is 18.2. The molecule has 0 aliphatic carbocycles. The number of aliphatic hydroxyl groups is 1. The van der Waals surface area contributed by atoms with Crippen molar-refractivity contribution in [3.63, 3.8) is 0 Å². The van der Waals surface area contributed by atoms with Crippen LogP contribution in [0.15, 0.2) is 42.5 Å². The lowest BCUT2D eigenvalue weighted by Crippen LogP contribution is -2.58. The summed E-state index contributed by atoms with van der Waals surface area (Å²) in [6.45, 7) is 4.96. The molecule has 1 N–H and O–H groups in total. The predicted molar refractivity (Wildman–Crippen MR) is 124 cm³/mol. The number of fused-ring (bicyclic) bond motifs is 3. The maximum absolute atomic E-state index is 11.2. The minimum Gasteiger partial charge on any atom is -0.376 e. The van der Waals surface area contributed by atoms with Crippen LogP contribution in [0, 0.1) is 17.8 Å². The molecule has 2 aromatic rings. The van der Waals surface area contributed by atoms with Crippen LogP contribution in [-0.4, -0.2) is 64.8 Å². The topological polar surface area (TPSA) is 39.6 Å². The predicted octanol–water partition coefficient (Wildman–Crippen LogP) is 3.03. The van der Waals surface area contributed by atoms with Gasteiger partial charge in [0.15, 0.2) is 0 Å². The maximum atomic E-state index is 11.2. The zero-order chi connectivity index (χ0) is 20.4.